The Hall–Kier alpha value is -1.69. The fraction of sp³-hybridized carbons (Fsp3) is 0.767. The first kappa shape index (κ1) is 32.8. The molecule has 2 aliphatic heterocycles. The number of thiazole rings is 1. The monoisotopic (exact) mass is 580 g/mol. The molecule has 2 fully saturated rings. The van der Waals surface area contributed by atoms with E-state index in [1.165, 1.54) is 11.3 Å². The molecule has 0 aromatic carbocycles. The maximum atomic E-state index is 13.3. The number of β-amino-alcohol motifs (C(OH)–C–C–N with tert-alkyl or cyclic N) is 1. The van der Waals surface area contributed by atoms with E-state index in [1.54, 1.807) is 20.8 Å². The highest BCUT2D eigenvalue weighted by atomic mass is 32.1. The summed E-state index contributed by atoms with van der Waals surface area (Å²) in [4.78, 5) is 33.3. The van der Waals surface area contributed by atoms with Crippen molar-refractivity contribution < 1.29 is 34.8 Å². The van der Waals surface area contributed by atoms with Crippen LogP contribution in [0.4, 0.5) is 0 Å². The van der Waals surface area contributed by atoms with Crippen LogP contribution in [0, 0.1) is 17.3 Å². The number of fused-ring (bicyclic) bond motifs is 1. The van der Waals surface area contributed by atoms with Crippen LogP contribution in [-0.2, 0) is 20.7 Å². The minimum Gasteiger partial charge on any atom is -0.458 e. The molecule has 2 unspecified atom stereocenters. The second-order valence-electron chi connectivity index (χ2n) is 12.5. The molecule has 3 heterocycles. The van der Waals surface area contributed by atoms with Gasteiger partial charge in [-0.25, -0.2) is 4.98 Å². The summed E-state index contributed by atoms with van der Waals surface area (Å²) in [5.74, 6) is -1.68. The van der Waals surface area contributed by atoms with Crippen molar-refractivity contribution in [3.05, 3.63) is 21.7 Å². The zero-order valence-electron chi connectivity index (χ0n) is 24.8. The molecule has 3 rings (SSSR count). The number of aliphatic hydroxyl groups excluding tert-OH is 4. The number of aromatic nitrogens is 1. The van der Waals surface area contributed by atoms with Gasteiger partial charge in [0, 0.05) is 48.9 Å². The van der Waals surface area contributed by atoms with Crippen LogP contribution >= 0.6 is 11.3 Å². The van der Waals surface area contributed by atoms with Gasteiger partial charge in [-0.1, -0.05) is 34.1 Å². The smallest absolute Gasteiger partial charge is 0.309 e. The van der Waals surface area contributed by atoms with Crippen molar-refractivity contribution in [3.8, 4) is 0 Å². The summed E-state index contributed by atoms with van der Waals surface area (Å²) in [7, 11) is 0. The Labute approximate surface area is 242 Å². The number of esters is 1. The molecule has 0 spiro atoms. The van der Waals surface area contributed by atoms with E-state index in [1.807, 2.05) is 25.3 Å². The van der Waals surface area contributed by atoms with Gasteiger partial charge in [-0.15, -0.1) is 11.3 Å². The molecule has 4 N–H and O–H groups in total. The standard InChI is InChI=1S/C30H48N2O7S/c1-18-8-7-10-30(6)23(32(30)11-13-34)15-22(19(2)14-21-17-40-25(31-21)9-12-33)39-26(36)16-24(35)29(4,5)28(38)20(3)27(18)37/h14,17-18,20,22-24,27,33-35,37H,7-13,15-16H2,1-6H3/b19-14+/t18-,20+,22-,23-,24-,27?,30+,32?/m0/s1. The SMILES string of the molecule is C/C(=C\c1csc(CCO)n1)[C@@H]1C[C@@H]2N(CCO)[C@]2(C)CCC[C@H](C)C(O)[C@@H](C)C(=O)C(C)(C)[C@@H](O)CC(=O)O1. The quantitative estimate of drug-likeness (QED) is 0.295. The molecule has 0 bridgehead atoms. The maximum Gasteiger partial charge on any atom is 0.309 e. The van der Waals surface area contributed by atoms with E-state index in [4.69, 9.17) is 4.74 Å². The zero-order chi connectivity index (χ0) is 29.8. The number of aliphatic hydroxyl groups is 4. The van der Waals surface area contributed by atoms with Crippen LogP contribution in [0.3, 0.4) is 0 Å². The lowest BCUT2D eigenvalue weighted by Gasteiger charge is -2.34. The Bertz CT molecular complexity index is 1060. The normalized spacial score (nSPS) is 36.1. The molecule has 0 radical (unpaired) electrons. The molecular formula is C30H48N2O7S. The first-order chi connectivity index (χ1) is 18.8. The van der Waals surface area contributed by atoms with Gasteiger partial charge in [0.2, 0.25) is 0 Å². The van der Waals surface area contributed by atoms with Crippen molar-refractivity contribution in [2.45, 2.75) is 110 Å². The highest BCUT2D eigenvalue weighted by Gasteiger charge is 2.58. The minimum absolute atomic E-state index is 0.0217. The lowest BCUT2D eigenvalue weighted by Crippen LogP contribution is -2.45. The fourth-order valence-electron chi connectivity index (χ4n) is 6.22. The lowest BCUT2D eigenvalue weighted by molar-refractivity contribution is -0.154. The van der Waals surface area contributed by atoms with E-state index < -0.39 is 35.6 Å². The number of cyclic esters (lactones) is 1. The summed E-state index contributed by atoms with van der Waals surface area (Å²) in [6.07, 6.45) is 2.27. The van der Waals surface area contributed by atoms with E-state index in [2.05, 4.69) is 16.8 Å². The third-order valence-corrected chi connectivity index (χ3v) is 10.1. The molecule has 10 heteroatoms. The average molecular weight is 581 g/mol. The molecule has 8 atom stereocenters. The fourth-order valence-corrected chi connectivity index (χ4v) is 6.96. The van der Waals surface area contributed by atoms with Gasteiger partial charge in [-0.05, 0) is 44.3 Å². The number of ether oxygens (including phenoxy) is 1. The molecule has 0 aliphatic carbocycles. The summed E-state index contributed by atoms with van der Waals surface area (Å²) < 4.78 is 5.99. The Morgan fingerprint density at radius 3 is 2.55 bits per heavy atom. The highest BCUT2D eigenvalue weighted by Crippen LogP contribution is 2.48. The van der Waals surface area contributed by atoms with Gasteiger partial charge in [0.15, 0.2) is 0 Å². The topological polar surface area (TPSA) is 140 Å². The number of hydrogen-bond donors (Lipinski definition) is 4. The van der Waals surface area contributed by atoms with Crippen molar-refractivity contribution in [1.29, 1.82) is 0 Å². The molecule has 9 nitrogen and oxygen atoms in total. The summed E-state index contributed by atoms with van der Waals surface area (Å²) in [5.41, 5.74) is 0.109. The summed E-state index contributed by atoms with van der Waals surface area (Å²) in [6.45, 7) is 11.5. The first-order valence-electron chi connectivity index (χ1n) is 14.5. The number of ketones is 1. The second-order valence-corrected chi connectivity index (χ2v) is 13.4. The van der Waals surface area contributed by atoms with Crippen molar-refractivity contribution in [1.82, 2.24) is 9.88 Å². The molecule has 0 amide bonds. The van der Waals surface area contributed by atoms with Gasteiger partial charge in [-0.2, -0.15) is 0 Å². The van der Waals surface area contributed by atoms with E-state index in [0.717, 1.165) is 35.5 Å². The summed E-state index contributed by atoms with van der Waals surface area (Å²) >= 11 is 1.46. The number of hydrogen-bond acceptors (Lipinski definition) is 10. The molecular weight excluding hydrogens is 532 g/mol. The van der Waals surface area contributed by atoms with Crippen LogP contribution in [0.2, 0.25) is 0 Å². The van der Waals surface area contributed by atoms with Crippen LogP contribution < -0.4 is 0 Å². The molecule has 2 saturated heterocycles. The van der Waals surface area contributed by atoms with Gasteiger partial charge < -0.3 is 25.2 Å². The Kier molecular flexibility index (Phi) is 11.1. The zero-order valence-corrected chi connectivity index (χ0v) is 25.6. The lowest BCUT2D eigenvalue weighted by atomic mass is 9.73. The van der Waals surface area contributed by atoms with Crippen LogP contribution in [0.25, 0.3) is 6.08 Å². The van der Waals surface area contributed by atoms with Gasteiger partial charge >= 0.3 is 5.97 Å². The van der Waals surface area contributed by atoms with Crippen LogP contribution in [0.5, 0.6) is 0 Å². The van der Waals surface area contributed by atoms with Gasteiger partial charge in [0.05, 0.1) is 41.4 Å². The van der Waals surface area contributed by atoms with Crippen LogP contribution in [-0.4, -0.2) is 91.7 Å². The molecule has 226 valence electrons. The molecule has 0 saturated carbocycles. The maximum absolute atomic E-state index is 13.3. The van der Waals surface area contributed by atoms with Crippen molar-refractivity contribution >= 4 is 29.2 Å². The van der Waals surface area contributed by atoms with Gasteiger partial charge in [0.1, 0.15) is 11.9 Å². The number of carbonyl (C=O) groups excluding carboxylic acids is 2. The van der Waals surface area contributed by atoms with E-state index in [9.17, 15) is 30.0 Å². The largest absolute Gasteiger partial charge is 0.458 e. The average Bonchev–Trinajstić information content (AvgIpc) is 3.19. The predicted octanol–water partition coefficient (Wildman–Crippen LogP) is 2.98. The second kappa shape index (κ2) is 13.5. The molecule has 2 aliphatic rings. The molecule has 1 aromatic heterocycles. The molecule has 40 heavy (non-hydrogen) atoms. The van der Waals surface area contributed by atoms with Crippen LogP contribution in [0.1, 0.15) is 84.3 Å². The number of nitrogens with zero attached hydrogens (tertiary/aromatic N) is 2. The van der Waals surface area contributed by atoms with Gasteiger partial charge in [0.25, 0.3) is 0 Å². The van der Waals surface area contributed by atoms with E-state index >= 15 is 0 Å². The van der Waals surface area contributed by atoms with Crippen molar-refractivity contribution in [2.24, 2.45) is 17.3 Å². The van der Waals surface area contributed by atoms with Crippen molar-refractivity contribution in [2.75, 3.05) is 19.8 Å². The Balaban J connectivity index is 1.92. The third-order valence-electron chi connectivity index (χ3n) is 9.19. The molecule has 1 aromatic rings. The van der Waals surface area contributed by atoms with Gasteiger partial charge in [-0.3, -0.25) is 14.5 Å². The Morgan fingerprint density at radius 2 is 1.90 bits per heavy atom. The Morgan fingerprint density at radius 1 is 1.20 bits per heavy atom. The third kappa shape index (κ3) is 7.38. The minimum atomic E-state index is -1.27. The summed E-state index contributed by atoms with van der Waals surface area (Å²) in [6, 6.07) is 0.0798. The number of rotatable bonds is 6. The summed E-state index contributed by atoms with van der Waals surface area (Å²) in [5, 5.41) is 43.6. The first-order valence-corrected chi connectivity index (χ1v) is 15.3. The van der Waals surface area contributed by atoms with E-state index in [0.29, 0.717) is 19.4 Å². The van der Waals surface area contributed by atoms with E-state index in [-0.39, 0.29) is 42.9 Å². The highest BCUT2D eigenvalue weighted by molar-refractivity contribution is 7.09. The number of carbonyl (C=O) groups is 2. The van der Waals surface area contributed by atoms with Crippen molar-refractivity contribution in [3.63, 3.8) is 0 Å². The van der Waals surface area contributed by atoms with Crippen LogP contribution in [0.15, 0.2) is 11.0 Å². The predicted molar refractivity (Wildman–Crippen MR) is 155 cm³/mol. The number of Topliss-reactive ketones (excluding diaryl/α,β-unsaturated/α-hetero) is 1.